The summed E-state index contributed by atoms with van der Waals surface area (Å²) in [5, 5.41) is 9.63. The molecule has 2 amide bonds. The van der Waals surface area contributed by atoms with E-state index in [4.69, 9.17) is 5.73 Å². The molecule has 10 nitrogen and oxygen atoms in total. The molecule has 0 radical (unpaired) electrons. The third kappa shape index (κ3) is 4.94. The highest BCUT2D eigenvalue weighted by atomic mass is 16.5. The van der Waals surface area contributed by atoms with E-state index >= 15 is 0 Å². The number of hydrogen-bond acceptors (Lipinski definition) is 6. The molecule has 2 heterocycles. The number of nitrogens with two attached hydrogens (primary N) is 1. The van der Waals surface area contributed by atoms with E-state index in [1.165, 1.54) is 0 Å². The first kappa shape index (κ1) is 20.8. The highest BCUT2D eigenvalue weighted by molar-refractivity contribution is 5.96. The molecule has 1 aliphatic carbocycles. The van der Waals surface area contributed by atoms with Gasteiger partial charge in [0.25, 0.3) is 5.91 Å². The van der Waals surface area contributed by atoms with Gasteiger partial charge in [-0.15, -0.1) is 0 Å². The fraction of sp³-hybridized carbons (Fsp3) is 0.579. The van der Waals surface area contributed by atoms with Crippen molar-refractivity contribution in [2.45, 2.75) is 63.6 Å². The molecule has 1 fully saturated rings. The van der Waals surface area contributed by atoms with Crippen molar-refractivity contribution in [3.05, 3.63) is 40.4 Å². The number of aromatic nitrogens is 3. The number of carbonyl (C=O) groups excluding carboxylic acids is 2. The Labute approximate surface area is 168 Å². The van der Waals surface area contributed by atoms with Gasteiger partial charge in [0.05, 0.1) is 0 Å². The van der Waals surface area contributed by atoms with Gasteiger partial charge in [-0.3, -0.25) is 19.1 Å². The van der Waals surface area contributed by atoms with Crippen molar-refractivity contribution in [2.24, 2.45) is 5.73 Å². The zero-order valence-electron chi connectivity index (χ0n) is 16.5. The number of amides is 2. The summed E-state index contributed by atoms with van der Waals surface area (Å²) in [6, 6.07) is 2.66. The fourth-order valence-corrected chi connectivity index (χ4v) is 3.86. The van der Waals surface area contributed by atoms with Crippen LogP contribution < -0.4 is 22.1 Å². The first-order valence-electron chi connectivity index (χ1n) is 10.1. The van der Waals surface area contributed by atoms with Gasteiger partial charge < -0.3 is 20.9 Å². The minimum Gasteiger partial charge on any atom is -0.351 e. The molecule has 1 saturated carbocycles. The zero-order valence-corrected chi connectivity index (χ0v) is 16.5. The average molecular weight is 404 g/mol. The number of H-pyrrole nitrogens is 1. The molecular weight excluding hydrogens is 376 g/mol. The maximum atomic E-state index is 13.0. The predicted molar refractivity (Wildman–Crippen MR) is 105 cm³/mol. The van der Waals surface area contributed by atoms with Crippen LogP contribution in [0.15, 0.2) is 27.6 Å². The van der Waals surface area contributed by atoms with Gasteiger partial charge >= 0.3 is 5.76 Å². The Hall–Kier alpha value is -2.88. The Balaban J connectivity index is 1.68. The third-order valence-electron chi connectivity index (χ3n) is 5.37. The second-order valence-electron chi connectivity index (χ2n) is 7.27. The Morgan fingerprint density at radius 2 is 2.28 bits per heavy atom. The van der Waals surface area contributed by atoms with E-state index in [0.29, 0.717) is 37.4 Å². The lowest BCUT2D eigenvalue weighted by atomic mass is 10.0. The summed E-state index contributed by atoms with van der Waals surface area (Å²) < 4.78 is 6.42. The van der Waals surface area contributed by atoms with E-state index in [9.17, 15) is 14.4 Å². The summed E-state index contributed by atoms with van der Waals surface area (Å²) >= 11 is 0. The molecular formula is C19H28N6O4. The predicted octanol–water partition coefficient (Wildman–Crippen LogP) is 0.474. The highest BCUT2D eigenvalue weighted by Gasteiger charge is 2.34. The smallest absolute Gasteiger partial charge is 0.351 e. The minimum atomic E-state index is -0.691. The van der Waals surface area contributed by atoms with E-state index in [-0.39, 0.29) is 23.8 Å². The lowest BCUT2D eigenvalue weighted by molar-refractivity contribution is -0.123. The van der Waals surface area contributed by atoms with Crippen molar-refractivity contribution in [3.63, 3.8) is 0 Å². The molecule has 0 spiro atoms. The molecule has 29 heavy (non-hydrogen) atoms. The van der Waals surface area contributed by atoms with Gasteiger partial charge in [0.15, 0.2) is 5.82 Å². The second-order valence-corrected chi connectivity index (χ2v) is 7.27. The van der Waals surface area contributed by atoms with Gasteiger partial charge in [0, 0.05) is 24.7 Å². The molecule has 0 aromatic carbocycles. The van der Waals surface area contributed by atoms with E-state index in [1.807, 2.05) is 17.7 Å². The number of aromatic amines is 1. The van der Waals surface area contributed by atoms with E-state index in [2.05, 4.69) is 25.3 Å². The molecule has 0 bridgehead atoms. The first-order chi connectivity index (χ1) is 14.0. The van der Waals surface area contributed by atoms with Crippen molar-refractivity contribution in [1.29, 1.82) is 0 Å². The average Bonchev–Trinajstić information content (AvgIpc) is 3.44. The summed E-state index contributed by atoms with van der Waals surface area (Å²) in [5.74, 6) is -0.833. The monoisotopic (exact) mass is 404 g/mol. The Kier molecular flexibility index (Phi) is 6.86. The maximum Gasteiger partial charge on any atom is 0.438 e. The lowest BCUT2D eigenvalue weighted by Gasteiger charge is -2.24. The highest BCUT2D eigenvalue weighted by Crippen LogP contribution is 2.32. The van der Waals surface area contributed by atoms with Gasteiger partial charge in [-0.2, -0.15) is 0 Å². The normalized spacial score (nSPS) is 19.8. The molecule has 1 aliphatic rings. The third-order valence-corrected chi connectivity index (χ3v) is 5.37. The number of aryl methyl sites for hydroxylation is 1. The van der Waals surface area contributed by atoms with Crippen LogP contribution in [-0.4, -0.2) is 45.2 Å². The van der Waals surface area contributed by atoms with Gasteiger partial charge in [-0.25, -0.2) is 4.79 Å². The van der Waals surface area contributed by atoms with Gasteiger partial charge in [-0.05, 0) is 51.3 Å². The van der Waals surface area contributed by atoms with Gasteiger partial charge in [0.2, 0.25) is 5.91 Å². The minimum absolute atomic E-state index is 0.117. The van der Waals surface area contributed by atoms with Crippen LogP contribution in [-0.2, 0) is 11.3 Å². The summed E-state index contributed by atoms with van der Waals surface area (Å²) in [7, 11) is 0. The lowest BCUT2D eigenvalue weighted by Crippen LogP contribution is -2.50. The zero-order chi connectivity index (χ0) is 20.8. The molecule has 2 aromatic rings. The first-order valence-corrected chi connectivity index (χ1v) is 10.1. The second kappa shape index (κ2) is 9.55. The molecule has 10 heteroatoms. The van der Waals surface area contributed by atoms with Crippen LogP contribution >= 0.6 is 0 Å². The summed E-state index contributed by atoms with van der Waals surface area (Å²) in [6.07, 6.45) is 5.33. The Morgan fingerprint density at radius 3 is 2.97 bits per heavy atom. The summed E-state index contributed by atoms with van der Waals surface area (Å²) in [6.45, 7) is 3.04. The van der Waals surface area contributed by atoms with Crippen molar-refractivity contribution >= 4 is 11.8 Å². The van der Waals surface area contributed by atoms with Crippen molar-refractivity contribution in [2.75, 3.05) is 6.54 Å². The molecule has 0 unspecified atom stereocenters. The number of hydrogen-bond donors (Lipinski definition) is 4. The van der Waals surface area contributed by atoms with Crippen LogP contribution in [0.25, 0.3) is 0 Å². The van der Waals surface area contributed by atoms with E-state index in [1.54, 1.807) is 12.1 Å². The topological polar surface area (TPSA) is 148 Å². The van der Waals surface area contributed by atoms with Crippen LogP contribution in [0.2, 0.25) is 0 Å². The standard InChI is InChI=1S/C19H28N6O4/c1-2-25-11-5-9-15(25)18(27)22-14(8-4-10-20)17(26)21-13-7-3-6-12(13)16-23-19(28)29-24-16/h5,9,11-14H,2-4,6-8,10,20H2,1H3,(H,21,26)(H,22,27)(H,23,24,28)/t12-,13+,14+/m1/s1. The van der Waals surface area contributed by atoms with Gasteiger partial charge in [-0.1, -0.05) is 11.6 Å². The van der Waals surface area contributed by atoms with Crippen molar-refractivity contribution < 1.29 is 14.1 Å². The number of carbonyl (C=O) groups is 2. The molecule has 0 saturated heterocycles. The Morgan fingerprint density at radius 1 is 1.45 bits per heavy atom. The summed E-state index contributed by atoms with van der Waals surface area (Å²) in [4.78, 5) is 39.5. The largest absolute Gasteiger partial charge is 0.438 e. The van der Waals surface area contributed by atoms with E-state index < -0.39 is 11.8 Å². The van der Waals surface area contributed by atoms with Crippen molar-refractivity contribution in [1.82, 2.24) is 25.3 Å². The maximum absolute atomic E-state index is 13.0. The molecule has 2 aromatic heterocycles. The van der Waals surface area contributed by atoms with Crippen LogP contribution in [0.4, 0.5) is 0 Å². The van der Waals surface area contributed by atoms with Crippen LogP contribution in [0.5, 0.6) is 0 Å². The van der Waals surface area contributed by atoms with Crippen LogP contribution in [0.3, 0.4) is 0 Å². The van der Waals surface area contributed by atoms with Crippen LogP contribution in [0, 0.1) is 0 Å². The fourth-order valence-electron chi connectivity index (χ4n) is 3.86. The molecule has 0 aliphatic heterocycles. The van der Waals surface area contributed by atoms with E-state index in [0.717, 1.165) is 19.3 Å². The Bertz CT molecular complexity index is 885. The van der Waals surface area contributed by atoms with Gasteiger partial charge in [0.1, 0.15) is 11.7 Å². The molecule has 3 atom stereocenters. The van der Waals surface area contributed by atoms with Crippen LogP contribution in [0.1, 0.15) is 61.3 Å². The summed E-state index contributed by atoms with van der Waals surface area (Å²) in [5.41, 5.74) is 6.12. The SMILES string of the molecule is CCn1cccc1C(=O)N[C@@H](CCCN)C(=O)N[C@H]1CCC[C@H]1c1noc(=O)[nH]1. The molecule has 5 N–H and O–H groups in total. The molecule has 158 valence electrons. The number of rotatable bonds is 9. The number of nitrogens with zero attached hydrogens (tertiary/aromatic N) is 2. The molecule has 3 rings (SSSR count). The number of nitrogens with one attached hydrogen (secondary N) is 3. The van der Waals surface area contributed by atoms with Crippen molar-refractivity contribution in [3.8, 4) is 0 Å². The quantitative estimate of drug-likeness (QED) is 0.478.